The molecule has 0 bridgehead atoms. The lowest BCUT2D eigenvalue weighted by molar-refractivity contribution is 0.0988. The average Bonchev–Trinajstić information content (AvgIpc) is 3.23. The van der Waals surface area contributed by atoms with Gasteiger partial charge in [0.25, 0.3) is 5.91 Å². The first-order chi connectivity index (χ1) is 12.3. The molecule has 0 unspecified atom stereocenters. The molecule has 0 fully saturated rings. The van der Waals surface area contributed by atoms with Crippen LogP contribution in [0.25, 0.3) is 0 Å². The highest BCUT2D eigenvalue weighted by atomic mass is 32.1. The first-order valence-electron chi connectivity index (χ1n) is 8.26. The molecule has 1 aromatic carbocycles. The quantitative estimate of drug-likeness (QED) is 0.675. The second-order valence-electron chi connectivity index (χ2n) is 6.26. The Labute approximate surface area is 148 Å². The van der Waals surface area contributed by atoms with Gasteiger partial charge in [0.15, 0.2) is 0 Å². The van der Waals surface area contributed by atoms with Crippen molar-refractivity contribution in [2.45, 2.75) is 26.1 Å². The number of amides is 1. The van der Waals surface area contributed by atoms with E-state index in [1.54, 1.807) is 17.5 Å². The molecule has 0 N–H and O–H groups in total. The van der Waals surface area contributed by atoms with Gasteiger partial charge in [-0.05, 0) is 23.3 Å². The molecule has 2 aromatic heterocycles. The average molecular weight is 352 g/mol. The molecule has 0 atom stereocenters. The van der Waals surface area contributed by atoms with Crippen LogP contribution in [0.2, 0.25) is 0 Å². The molecule has 0 saturated heterocycles. The van der Waals surface area contributed by atoms with Crippen molar-refractivity contribution >= 4 is 22.9 Å². The molecule has 126 valence electrons. The lowest BCUT2D eigenvalue weighted by Gasteiger charge is -2.21. The van der Waals surface area contributed by atoms with Crippen LogP contribution in [-0.2, 0) is 30.9 Å². The van der Waals surface area contributed by atoms with Crippen molar-refractivity contribution in [2.24, 2.45) is 0 Å². The number of thiophene rings is 1. The lowest BCUT2D eigenvalue weighted by Crippen LogP contribution is -2.30. The molecule has 2 aliphatic heterocycles. The number of nitrogens with zero attached hydrogens (tertiary/aromatic N) is 4. The summed E-state index contributed by atoms with van der Waals surface area (Å²) < 4.78 is 7.37. The van der Waals surface area contributed by atoms with Crippen LogP contribution in [0.4, 0.5) is 5.69 Å². The fourth-order valence-corrected chi connectivity index (χ4v) is 4.52. The summed E-state index contributed by atoms with van der Waals surface area (Å²) in [4.78, 5) is 17.2. The summed E-state index contributed by atoms with van der Waals surface area (Å²) in [5.41, 5.74) is 4.11. The van der Waals surface area contributed by atoms with Gasteiger partial charge in [-0.25, -0.2) is 4.68 Å². The summed E-state index contributed by atoms with van der Waals surface area (Å²) in [6.45, 7) is 2.44. The van der Waals surface area contributed by atoms with Gasteiger partial charge in [0.2, 0.25) is 0 Å². The first kappa shape index (κ1) is 14.8. The van der Waals surface area contributed by atoms with Crippen molar-refractivity contribution in [3.8, 4) is 0 Å². The van der Waals surface area contributed by atoms with E-state index in [2.05, 4.69) is 10.3 Å². The summed E-state index contributed by atoms with van der Waals surface area (Å²) in [5, 5.41) is 8.15. The molecular weight excluding hydrogens is 336 g/mol. The zero-order valence-corrected chi connectivity index (χ0v) is 14.3. The van der Waals surface area contributed by atoms with E-state index >= 15 is 0 Å². The van der Waals surface area contributed by atoms with Crippen LogP contribution in [-0.4, -0.2) is 27.5 Å². The van der Waals surface area contributed by atoms with Crippen LogP contribution < -0.4 is 4.90 Å². The number of ether oxygens (including phenoxy) is 1. The normalized spacial score (nSPS) is 15.9. The van der Waals surface area contributed by atoms with E-state index in [1.807, 2.05) is 39.9 Å². The van der Waals surface area contributed by atoms with E-state index in [0.29, 0.717) is 19.7 Å². The molecule has 2 aliphatic rings. The van der Waals surface area contributed by atoms with Gasteiger partial charge < -0.3 is 9.64 Å². The van der Waals surface area contributed by atoms with Gasteiger partial charge in [0.1, 0.15) is 0 Å². The van der Waals surface area contributed by atoms with E-state index in [0.717, 1.165) is 40.4 Å². The van der Waals surface area contributed by atoms with Crippen molar-refractivity contribution in [2.75, 3.05) is 11.5 Å². The van der Waals surface area contributed by atoms with E-state index in [1.165, 1.54) is 4.88 Å². The zero-order chi connectivity index (χ0) is 16.8. The SMILES string of the molecule is O=C(c1cc2c(s1)CCOC2)N1Cc2cnnn2Cc2ccccc21. The molecule has 0 spiro atoms. The van der Waals surface area contributed by atoms with Crippen LogP contribution >= 0.6 is 11.3 Å². The first-order valence-corrected chi connectivity index (χ1v) is 9.08. The van der Waals surface area contributed by atoms with Crippen LogP contribution in [0.15, 0.2) is 36.5 Å². The number of carbonyl (C=O) groups excluding carboxylic acids is 1. The van der Waals surface area contributed by atoms with Gasteiger partial charge in [-0.15, -0.1) is 16.4 Å². The Morgan fingerprint density at radius 3 is 3.04 bits per heavy atom. The molecule has 5 rings (SSSR count). The molecule has 25 heavy (non-hydrogen) atoms. The molecule has 0 radical (unpaired) electrons. The van der Waals surface area contributed by atoms with Crippen molar-refractivity contribution < 1.29 is 9.53 Å². The number of para-hydroxylation sites is 1. The van der Waals surface area contributed by atoms with E-state index in [4.69, 9.17) is 4.74 Å². The highest BCUT2D eigenvalue weighted by Gasteiger charge is 2.27. The predicted octanol–water partition coefficient (Wildman–Crippen LogP) is 2.62. The molecule has 0 aliphatic carbocycles. The number of benzene rings is 1. The number of anilines is 1. The molecular formula is C18H16N4O2S. The summed E-state index contributed by atoms with van der Waals surface area (Å²) in [7, 11) is 0. The van der Waals surface area contributed by atoms with Gasteiger partial charge in [-0.1, -0.05) is 23.4 Å². The van der Waals surface area contributed by atoms with Crippen molar-refractivity contribution in [3.05, 3.63) is 63.1 Å². The minimum absolute atomic E-state index is 0.0292. The largest absolute Gasteiger partial charge is 0.376 e. The van der Waals surface area contributed by atoms with E-state index in [9.17, 15) is 4.79 Å². The fourth-order valence-electron chi connectivity index (χ4n) is 3.42. The monoisotopic (exact) mass is 352 g/mol. The van der Waals surface area contributed by atoms with E-state index < -0.39 is 0 Å². The Morgan fingerprint density at radius 1 is 1.20 bits per heavy atom. The van der Waals surface area contributed by atoms with E-state index in [-0.39, 0.29) is 5.91 Å². The smallest absolute Gasteiger partial charge is 0.268 e. The number of fused-ring (bicyclic) bond motifs is 3. The maximum atomic E-state index is 13.3. The van der Waals surface area contributed by atoms with Gasteiger partial charge in [0.05, 0.1) is 43.1 Å². The molecule has 0 saturated carbocycles. The maximum absolute atomic E-state index is 13.3. The van der Waals surface area contributed by atoms with Crippen molar-refractivity contribution in [3.63, 3.8) is 0 Å². The summed E-state index contributed by atoms with van der Waals surface area (Å²) in [6, 6.07) is 10.00. The van der Waals surface area contributed by atoms with Crippen molar-refractivity contribution in [1.29, 1.82) is 0 Å². The summed E-state index contributed by atoms with van der Waals surface area (Å²) in [5.74, 6) is 0.0292. The maximum Gasteiger partial charge on any atom is 0.268 e. The number of aromatic nitrogens is 3. The van der Waals surface area contributed by atoms with Crippen molar-refractivity contribution in [1.82, 2.24) is 15.0 Å². The fraction of sp³-hybridized carbons (Fsp3) is 0.278. The Hall–Kier alpha value is -2.51. The molecule has 3 aromatic rings. The van der Waals surface area contributed by atoms with Crippen LogP contribution in [0.3, 0.4) is 0 Å². The Kier molecular flexibility index (Phi) is 3.43. The predicted molar refractivity (Wildman–Crippen MR) is 93.8 cm³/mol. The minimum atomic E-state index is 0.0292. The van der Waals surface area contributed by atoms with Crippen LogP contribution in [0.1, 0.15) is 31.4 Å². The van der Waals surface area contributed by atoms with Crippen LogP contribution in [0, 0.1) is 0 Å². The Bertz CT molecular complexity index is 938. The third-order valence-corrected chi connectivity index (χ3v) is 5.93. The van der Waals surface area contributed by atoms with Gasteiger partial charge in [-0.2, -0.15) is 0 Å². The number of rotatable bonds is 1. The highest BCUT2D eigenvalue weighted by molar-refractivity contribution is 7.14. The molecule has 6 nitrogen and oxygen atoms in total. The third-order valence-electron chi connectivity index (χ3n) is 4.70. The Balaban J connectivity index is 1.58. The third kappa shape index (κ3) is 2.47. The lowest BCUT2D eigenvalue weighted by atomic mass is 10.1. The second-order valence-corrected chi connectivity index (χ2v) is 7.40. The number of carbonyl (C=O) groups is 1. The summed E-state index contributed by atoms with van der Waals surface area (Å²) >= 11 is 1.59. The number of hydrogen-bond donors (Lipinski definition) is 0. The second kappa shape index (κ2) is 5.79. The Morgan fingerprint density at radius 2 is 2.12 bits per heavy atom. The summed E-state index contributed by atoms with van der Waals surface area (Å²) in [6.07, 6.45) is 2.63. The number of hydrogen-bond acceptors (Lipinski definition) is 5. The topological polar surface area (TPSA) is 60.2 Å². The zero-order valence-electron chi connectivity index (χ0n) is 13.5. The molecule has 7 heteroatoms. The van der Waals surface area contributed by atoms with Crippen LogP contribution in [0.5, 0.6) is 0 Å². The van der Waals surface area contributed by atoms with Gasteiger partial charge >= 0.3 is 0 Å². The standard InChI is InChI=1S/C18H16N4O2S/c23-18(17-7-13-11-24-6-5-16(13)25-17)21-10-14-8-19-20-22(14)9-12-3-1-2-4-15(12)21/h1-4,7-8H,5-6,9-11H2. The highest BCUT2D eigenvalue weighted by Crippen LogP contribution is 2.32. The van der Waals surface area contributed by atoms with Gasteiger partial charge in [0, 0.05) is 17.0 Å². The molecule has 4 heterocycles. The minimum Gasteiger partial charge on any atom is -0.376 e. The van der Waals surface area contributed by atoms with Gasteiger partial charge in [-0.3, -0.25) is 4.79 Å². The molecule has 1 amide bonds.